The summed E-state index contributed by atoms with van der Waals surface area (Å²) in [6.45, 7) is 9.29. The van der Waals surface area contributed by atoms with Crippen LogP contribution in [0.1, 0.15) is 57.2 Å². The van der Waals surface area contributed by atoms with E-state index in [9.17, 15) is 0 Å². The molecule has 100 valence electrons. The van der Waals surface area contributed by atoms with Gasteiger partial charge in [0, 0.05) is 12.1 Å². The van der Waals surface area contributed by atoms with Crippen LogP contribution in [0.5, 0.6) is 0 Å². The van der Waals surface area contributed by atoms with E-state index in [2.05, 4.69) is 57.3 Å². The Morgan fingerprint density at radius 2 is 1.89 bits per heavy atom. The zero-order valence-corrected chi connectivity index (χ0v) is 12.2. The first-order chi connectivity index (χ1) is 8.58. The van der Waals surface area contributed by atoms with Gasteiger partial charge in [-0.15, -0.1) is 0 Å². The van der Waals surface area contributed by atoms with E-state index < -0.39 is 0 Å². The first-order valence-electron chi connectivity index (χ1n) is 7.39. The molecule has 1 aromatic rings. The van der Waals surface area contributed by atoms with E-state index in [4.69, 9.17) is 0 Å². The minimum Gasteiger partial charge on any atom is -0.307 e. The van der Waals surface area contributed by atoms with Gasteiger partial charge in [0.05, 0.1) is 0 Å². The van der Waals surface area contributed by atoms with Crippen LogP contribution in [-0.2, 0) is 0 Å². The number of hydrogen-bond donors (Lipinski definition) is 1. The smallest absolute Gasteiger partial charge is 0.0297 e. The van der Waals surface area contributed by atoms with Crippen molar-refractivity contribution in [2.75, 3.05) is 0 Å². The molecule has 0 radical (unpaired) electrons. The molecule has 4 atom stereocenters. The van der Waals surface area contributed by atoms with Gasteiger partial charge in [-0.1, -0.05) is 44.5 Å². The van der Waals surface area contributed by atoms with Crippen LogP contribution in [0.4, 0.5) is 0 Å². The molecule has 18 heavy (non-hydrogen) atoms. The van der Waals surface area contributed by atoms with Crippen molar-refractivity contribution in [2.24, 2.45) is 11.8 Å². The first-order valence-corrected chi connectivity index (χ1v) is 7.39. The van der Waals surface area contributed by atoms with Gasteiger partial charge in [-0.05, 0) is 49.7 Å². The molecule has 1 aromatic carbocycles. The quantitative estimate of drug-likeness (QED) is 0.828. The van der Waals surface area contributed by atoms with Crippen molar-refractivity contribution in [2.45, 2.75) is 59.0 Å². The molecular formula is C17H27N. The Labute approximate surface area is 112 Å². The summed E-state index contributed by atoms with van der Waals surface area (Å²) in [5, 5.41) is 3.86. The van der Waals surface area contributed by atoms with Crippen LogP contribution in [0.2, 0.25) is 0 Å². The van der Waals surface area contributed by atoms with Crippen molar-refractivity contribution in [3.05, 3.63) is 35.4 Å². The van der Waals surface area contributed by atoms with E-state index in [1.807, 2.05) is 0 Å². The molecule has 0 amide bonds. The average molecular weight is 245 g/mol. The van der Waals surface area contributed by atoms with Gasteiger partial charge in [0.2, 0.25) is 0 Å². The molecule has 0 aromatic heterocycles. The molecule has 0 bridgehead atoms. The Morgan fingerprint density at radius 3 is 2.61 bits per heavy atom. The molecule has 2 rings (SSSR count). The molecule has 1 heteroatoms. The summed E-state index contributed by atoms with van der Waals surface area (Å²) in [6, 6.07) is 9.88. The third-order valence-electron chi connectivity index (χ3n) is 4.58. The second kappa shape index (κ2) is 5.88. The van der Waals surface area contributed by atoms with Crippen molar-refractivity contribution >= 4 is 0 Å². The van der Waals surface area contributed by atoms with E-state index in [0.717, 1.165) is 11.8 Å². The van der Waals surface area contributed by atoms with E-state index >= 15 is 0 Å². The van der Waals surface area contributed by atoms with E-state index in [0.29, 0.717) is 12.1 Å². The van der Waals surface area contributed by atoms with Crippen LogP contribution in [0, 0.1) is 18.8 Å². The highest BCUT2D eigenvalue weighted by molar-refractivity contribution is 5.28. The number of benzene rings is 1. The van der Waals surface area contributed by atoms with E-state index in [1.165, 1.54) is 30.4 Å². The molecule has 1 fully saturated rings. The number of nitrogens with one attached hydrogen (secondary N) is 1. The van der Waals surface area contributed by atoms with E-state index in [1.54, 1.807) is 0 Å². The largest absolute Gasteiger partial charge is 0.307 e. The highest BCUT2D eigenvalue weighted by Gasteiger charge is 2.26. The Morgan fingerprint density at radius 1 is 1.17 bits per heavy atom. The van der Waals surface area contributed by atoms with Gasteiger partial charge in [0.1, 0.15) is 0 Å². The van der Waals surface area contributed by atoms with Gasteiger partial charge in [-0.25, -0.2) is 0 Å². The Kier molecular flexibility index (Phi) is 4.45. The first kappa shape index (κ1) is 13.6. The average Bonchev–Trinajstić information content (AvgIpc) is 2.34. The molecule has 0 heterocycles. The summed E-state index contributed by atoms with van der Waals surface area (Å²) in [5.41, 5.74) is 2.84. The fourth-order valence-electron chi connectivity index (χ4n) is 3.25. The second-order valence-electron chi connectivity index (χ2n) is 6.25. The van der Waals surface area contributed by atoms with Crippen molar-refractivity contribution < 1.29 is 0 Å². The summed E-state index contributed by atoms with van der Waals surface area (Å²) in [6.07, 6.45) is 4.11. The monoisotopic (exact) mass is 245 g/mol. The zero-order chi connectivity index (χ0) is 13.1. The van der Waals surface area contributed by atoms with Gasteiger partial charge >= 0.3 is 0 Å². The maximum Gasteiger partial charge on any atom is 0.0297 e. The van der Waals surface area contributed by atoms with Gasteiger partial charge in [0.25, 0.3) is 0 Å². The Bertz CT molecular complexity index is 385. The van der Waals surface area contributed by atoms with Crippen molar-refractivity contribution in [1.82, 2.24) is 5.32 Å². The summed E-state index contributed by atoms with van der Waals surface area (Å²) in [7, 11) is 0. The molecule has 0 aliphatic heterocycles. The lowest BCUT2D eigenvalue weighted by Gasteiger charge is -2.35. The molecule has 0 spiro atoms. The standard InChI is InChI=1S/C17H27N/c1-12-9-10-14(3)17(11-12)18-15(4)16-8-6-5-7-13(16)2/h5-8,12,14-15,17-18H,9-11H2,1-4H3. The van der Waals surface area contributed by atoms with Crippen LogP contribution < -0.4 is 5.32 Å². The summed E-state index contributed by atoms with van der Waals surface area (Å²) in [4.78, 5) is 0. The zero-order valence-electron chi connectivity index (χ0n) is 12.2. The van der Waals surface area contributed by atoms with Gasteiger partial charge in [-0.2, -0.15) is 0 Å². The lowest BCUT2D eigenvalue weighted by molar-refractivity contribution is 0.216. The third-order valence-corrected chi connectivity index (χ3v) is 4.58. The van der Waals surface area contributed by atoms with Crippen molar-refractivity contribution in [3.8, 4) is 0 Å². The fourth-order valence-corrected chi connectivity index (χ4v) is 3.25. The Balaban J connectivity index is 2.02. The van der Waals surface area contributed by atoms with Crippen LogP contribution >= 0.6 is 0 Å². The maximum absolute atomic E-state index is 3.86. The maximum atomic E-state index is 3.86. The highest BCUT2D eigenvalue weighted by atomic mass is 15.0. The van der Waals surface area contributed by atoms with Crippen LogP contribution in [-0.4, -0.2) is 6.04 Å². The molecule has 1 saturated carbocycles. The minimum atomic E-state index is 0.462. The topological polar surface area (TPSA) is 12.0 Å². The molecule has 0 saturated heterocycles. The Hall–Kier alpha value is -0.820. The minimum absolute atomic E-state index is 0.462. The lowest BCUT2D eigenvalue weighted by atomic mass is 9.79. The summed E-state index contributed by atoms with van der Waals surface area (Å²) in [5.74, 6) is 1.69. The molecule has 1 N–H and O–H groups in total. The highest BCUT2D eigenvalue weighted by Crippen LogP contribution is 2.30. The molecular weight excluding hydrogens is 218 g/mol. The summed E-state index contributed by atoms with van der Waals surface area (Å²) >= 11 is 0. The van der Waals surface area contributed by atoms with Gasteiger partial charge in [-0.3, -0.25) is 0 Å². The molecule has 4 unspecified atom stereocenters. The van der Waals surface area contributed by atoms with Crippen LogP contribution in [0.3, 0.4) is 0 Å². The lowest BCUT2D eigenvalue weighted by Crippen LogP contribution is -2.40. The van der Waals surface area contributed by atoms with E-state index in [-0.39, 0.29) is 0 Å². The van der Waals surface area contributed by atoms with Gasteiger partial charge in [0.15, 0.2) is 0 Å². The summed E-state index contributed by atoms with van der Waals surface area (Å²) < 4.78 is 0. The van der Waals surface area contributed by atoms with Crippen LogP contribution in [0.15, 0.2) is 24.3 Å². The number of aryl methyl sites for hydroxylation is 1. The third kappa shape index (κ3) is 3.14. The number of rotatable bonds is 3. The fraction of sp³-hybridized carbons (Fsp3) is 0.647. The van der Waals surface area contributed by atoms with Gasteiger partial charge < -0.3 is 5.32 Å². The van der Waals surface area contributed by atoms with Crippen LogP contribution in [0.25, 0.3) is 0 Å². The molecule has 1 aliphatic carbocycles. The normalized spacial score (nSPS) is 30.1. The second-order valence-corrected chi connectivity index (χ2v) is 6.25. The van der Waals surface area contributed by atoms with Crippen molar-refractivity contribution in [3.63, 3.8) is 0 Å². The SMILES string of the molecule is Cc1ccccc1C(C)NC1CC(C)CCC1C. The number of hydrogen-bond acceptors (Lipinski definition) is 1. The predicted molar refractivity (Wildman–Crippen MR) is 78.7 cm³/mol. The van der Waals surface area contributed by atoms with Crippen molar-refractivity contribution in [1.29, 1.82) is 0 Å². The molecule has 1 aliphatic rings. The molecule has 1 nitrogen and oxygen atoms in total. The predicted octanol–water partition coefficient (Wildman–Crippen LogP) is 4.47.